The van der Waals surface area contributed by atoms with Crippen molar-refractivity contribution in [1.29, 1.82) is 0 Å². The summed E-state index contributed by atoms with van der Waals surface area (Å²) in [5.74, 6) is -0.209. The molecule has 0 radical (unpaired) electrons. The molecule has 4 aromatic rings. The van der Waals surface area contributed by atoms with Crippen LogP contribution in [0.15, 0.2) is 36.5 Å². The first-order chi connectivity index (χ1) is 18.2. The monoisotopic (exact) mass is 636 g/mol. The van der Waals surface area contributed by atoms with Crippen molar-refractivity contribution >= 4 is 40.0 Å². The van der Waals surface area contributed by atoms with Crippen LogP contribution in [0.1, 0.15) is 41.0 Å². The van der Waals surface area contributed by atoms with E-state index in [1.54, 1.807) is 0 Å². The van der Waals surface area contributed by atoms with E-state index in [-0.39, 0.29) is 102 Å². The van der Waals surface area contributed by atoms with Crippen molar-refractivity contribution in [3.8, 4) is 22.8 Å². The average Bonchev–Trinajstić information content (AvgIpc) is 3.50. The van der Waals surface area contributed by atoms with E-state index >= 15 is 0 Å². The van der Waals surface area contributed by atoms with Crippen LogP contribution in [0, 0.1) is 5.82 Å². The van der Waals surface area contributed by atoms with Gasteiger partial charge >= 0.3 is 57.9 Å². The molecule has 0 aliphatic carbocycles. The zero-order valence-electron chi connectivity index (χ0n) is 22.2. The van der Waals surface area contributed by atoms with Crippen LogP contribution in [0.25, 0.3) is 28.3 Å². The van der Waals surface area contributed by atoms with Gasteiger partial charge in [-0.25, -0.2) is 14.1 Å². The number of hydrogen-bond acceptors (Lipinski definition) is 6. The van der Waals surface area contributed by atoms with Crippen molar-refractivity contribution in [3.63, 3.8) is 0 Å². The van der Waals surface area contributed by atoms with Crippen LogP contribution in [0.5, 0.6) is 11.5 Å². The molecule has 1 amide bonds. The number of pyridine rings is 1. The smallest absolute Gasteiger partial charge is 0.870 e. The SMILES string of the molecule is COc1cc(C(=O)NCCc2cc3c(c(-c4cc(Cl)c(F)c(Cl)c4)n2)OCC3C)cc2cn(C(F)F)nc12.[K+].[NH2-].[OH-]. The number of methoxy groups -OCH3 is 1. The van der Waals surface area contributed by atoms with Gasteiger partial charge in [0.2, 0.25) is 0 Å². The van der Waals surface area contributed by atoms with Crippen LogP contribution in [0.2, 0.25) is 10.0 Å². The molecule has 0 saturated heterocycles. The van der Waals surface area contributed by atoms with E-state index in [0.717, 1.165) is 11.8 Å². The Labute approximate surface area is 286 Å². The summed E-state index contributed by atoms with van der Waals surface area (Å²) >= 11 is 12.0. The van der Waals surface area contributed by atoms with Gasteiger partial charge in [-0.05, 0) is 30.3 Å². The topological polar surface area (TPSA) is 142 Å². The number of benzene rings is 2. The van der Waals surface area contributed by atoms with Crippen LogP contribution in [-0.4, -0.2) is 46.4 Å². The third kappa shape index (κ3) is 7.17. The summed E-state index contributed by atoms with van der Waals surface area (Å²) in [4.78, 5) is 17.6. The van der Waals surface area contributed by atoms with E-state index in [0.29, 0.717) is 45.8 Å². The van der Waals surface area contributed by atoms with Crippen molar-refractivity contribution in [3.05, 3.63) is 75.4 Å². The zero-order valence-corrected chi connectivity index (χ0v) is 26.9. The van der Waals surface area contributed by atoms with Gasteiger partial charge in [0.1, 0.15) is 22.7 Å². The summed E-state index contributed by atoms with van der Waals surface area (Å²) in [5.41, 5.74) is 3.10. The molecule has 0 fully saturated rings. The van der Waals surface area contributed by atoms with Gasteiger partial charge in [0.15, 0.2) is 5.82 Å². The molecule has 1 aliphatic rings. The third-order valence-corrected chi connectivity index (χ3v) is 6.81. The van der Waals surface area contributed by atoms with E-state index in [1.165, 1.54) is 31.4 Å². The number of ether oxygens (including phenoxy) is 2. The first-order valence-electron chi connectivity index (χ1n) is 11.6. The van der Waals surface area contributed by atoms with Crippen LogP contribution >= 0.6 is 23.2 Å². The molecule has 3 heterocycles. The fourth-order valence-corrected chi connectivity index (χ4v) is 4.84. The number of fused-ring (bicyclic) bond motifs is 2. The predicted molar refractivity (Wildman–Crippen MR) is 144 cm³/mol. The largest absolute Gasteiger partial charge is 1.00 e. The Balaban J connectivity index is 0.00000196. The minimum atomic E-state index is -2.82. The van der Waals surface area contributed by atoms with Crippen LogP contribution < -0.4 is 66.2 Å². The van der Waals surface area contributed by atoms with Gasteiger partial charge in [0.25, 0.3) is 5.91 Å². The fourth-order valence-electron chi connectivity index (χ4n) is 4.35. The summed E-state index contributed by atoms with van der Waals surface area (Å²) in [6.45, 7) is -0.0877. The molecule has 1 aliphatic heterocycles. The summed E-state index contributed by atoms with van der Waals surface area (Å²) in [6.07, 6.45) is 1.54. The molecule has 5 rings (SSSR count). The Kier molecular flexibility index (Phi) is 12.5. The van der Waals surface area contributed by atoms with Gasteiger partial charge in [-0.2, -0.15) is 13.9 Å². The van der Waals surface area contributed by atoms with Crippen molar-refractivity contribution in [1.82, 2.24) is 20.1 Å². The summed E-state index contributed by atoms with van der Waals surface area (Å²) in [7, 11) is 1.38. The minimum absolute atomic E-state index is 0. The van der Waals surface area contributed by atoms with Gasteiger partial charge in [-0.3, -0.25) is 4.79 Å². The first-order valence-corrected chi connectivity index (χ1v) is 12.4. The second kappa shape index (κ2) is 14.5. The van der Waals surface area contributed by atoms with E-state index in [9.17, 15) is 18.0 Å². The number of amides is 1. The Morgan fingerprint density at radius 1 is 1.22 bits per heavy atom. The number of alkyl halides is 2. The molecule has 0 bridgehead atoms. The second-order valence-corrected chi connectivity index (χ2v) is 9.67. The molecule has 1 atom stereocenters. The molecule has 41 heavy (non-hydrogen) atoms. The number of halogens is 5. The number of rotatable bonds is 7. The first kappa shape index (κ1) is 35.3. The number of nitrogens with two attached hydrogens (primary N) is 1. The van der Waals surface area contributed by atoms with Crippen molar-refractivity contribution in [2.45, 2.75) is 25.8 Å². The fraction of sp³-hybridized carbons (Fsp3) is 0.269. The molecule has 4 N–H and O–H groups in total. The molecule has 2 aromatic carbocycles. The molecule has 9 nitrogen and oxygen atoms in total. The Hall–Kier alpha value is -1.94. The number of nitrogens with zero attached hydrogens (tertiary/aromatic N) is 3. The second-order valence-electron chi connectivity index (χ2n) is 8.86. The van der Waals surface area contributed by atoms with Gasteiger partial charge in [0, 0.05) is 52.9 Å². The summed E-state index contributed by atoms with van der Waals surface area (Å²) in [5, 5.41) is 6.75. The quantitative estimate of drug-likeness (QED) is 0.240. The van der Waals surface area contributed by atoms with Crippen molar-refractivity contribution in [2.75, 3.05) is 20.3 Å². The molecule has 1 unspecified atom stereocenters. The maximum absolute atomic E-state index is 14.0. The van der Waals surface area contributed by atoms with Gasteiger partial charge < -0.3 is 26.4 Å². The van der Waals surface area contributed by atoms with Gasteiger partial charge in [-0.15, -0.1) is 0 Å². The van der Waals surface area contributed by atoms with Crippen LogP contribution in [0.3, 0.4) is 0 Å². The zero-order chi connectivity index (χ0) is 27.1. The predicted octanol–water partition coefficient (Wildman–Crippen LogP) is 3.96. The number of hydrogen-bond donors (Lipinski definition) is 1. The van der Waals surface area contributed by atoms with E-state index < -0.39 is 18.3 Å². The molecule has 0 saturated carbocycles. The maximum Gasteiger partial charge on any atom is 1.00 e. The van der Waals surface area contributed by atoms with Gasteiger partial charge in [0.05, 0.1) is 23.8 Å². The minimum Gasteiger partial charge on any atom is -0.870 e. The van der Waals surface area contributed by atoms with Gasteiger partial charge in [-0.1, -0.05) is 30.1 Å². The summed E-state index contributed by atoms with van der Waals surface area (Å²) < 4.78 is 51.7. The molecular weight excluding hydrogens is 613 g/mol. The van der Waals surface area contributed by atoms with Crippen molar-refractivity contribution in [2.24, 2.45) is 0 Å². The molecule has 2 aromatic heterocycles. The van der Waals surface area contributed by atoms with E-state index in [4.69, 9.17) is 37.7 Å². The Bertz CT molecular complexity index is 1550. The van der Waals surface area contributed by atoms with E-state index in [2.05, 4.69) is 10.4 Å². The molecule has 214 valence electrons. The normalized spacial score (nSPS) is 13.5. The van der Waals surface area contributed by atoms with Crippen LogP contribution in [0.4, 0.5) is 13.2 Å². The molecule has 15 heteroatoms. The Morgan fingerprint density at radius 2 is 1.90 bits per heavy atom. The number of aromatic nitrogens is 3. The average molecular weight is 638 g/mol. The van der Waals surface area contributed by atoms with Crippen molar-refractivity contribution < 1.29 is 84.3 Å². The number of carbonyl (C=O) groups is 1. The Morgan fingerprint density at radius 3 is 2.54 bits per heavy atom. The van der Waals surface area contributed by atoms with E-state index in [1.807, 2.05) is 13.0 Å². The number of nitrogens with one attached hydrogen (secondary N) is 1. The molecular formula is C26H24Cl2F3KN5O4-. The van der Waals surface area contributed by atoms with Crippen LogP contribution in [-0.2, 0) is 6.42 Å². The third-order valence-electron chi connectivity index (χ3n) is 6.26. The number of carbonyl (C=O) groups excluding carboxylic acids is 1. The maximum atomic E-state index is 14.0. The molecule has 0 spiro atoms. The standard InChI is InChI=1S/C26H21Cl2F3N4O3.K.H2N.H2O/c1-12-11-38-24-17(12)9-16(33-23(24)13-6-18(27)21(29)19(28)7-13)3-4-32-25(36)14-5-15-10-35(26(30)31)34-22(15)20(8-14)37-2;;;/h5-10,12,26H,3-4,11H2,1-2H3,(H,32,36);;2*1H2/q;+1;-1;/p-1. The summed E-state index contributed by atoms with van der Waals surface area (Å²) in [6, 6.07) is 7.74.